The molecule has 6 rings (SSSR count). The van der Waals surface area contributed by atoms with Gasteiger partial charge in [-0.3, -0.25) is 9.69 Å². The normalized spacial score (nSPS) is 21.7. The minimum absolute atomic E-state index is 0.0322. The molecule has 0 aliphatic carbocycles. The summed E-state index contributed by atoms with van der Waals surface area (Å²) in [5.41, 5.74) is 1.30. The second-order valence-corrected chi connectivity index (χ2v) is 27.8. The first-order chi connectivity index (χ1) is 23.4. The number of nitrogens with one attached hydrogen (secondary N) is 1. The summed E-state index contributed by atoms with van der Waals surface area (Å²) in [4.78, 5) is 37.4. The van der Waals surface area contributed by atoms with Crippen molar-refractivity contribution >= 4 is 62.4 Å². The van der Waals surface area contributed by atoms with E-state index < -0.39 is 39.6 Å². The molecule has 2 aromatic heterocycles. The number of halogens is 3. The smallest absolute Gasteiger partial charge is 0.404 e. The Morgan fingerprint density at radius 3 is 2.24 bits per heavy atom. The van der Waals surface area contributed by atoms with Gasteiger partial charge in [0.1, 0.15) is 24.8 Å². The van der Waals surface area contributed by atoms with Gasteiger partial charge in [0, 0.05) is 64.8 Å². The highest BCUT2D eigenvalue weighted by atomic mass is 35.5. The zero-order valence-electron chi connectivity index (χ0n) is 29.6. The standard InChI is InChI=1S/C34H47ClF2N6O5Si2/c1-49(2,3)13-11-47-19-41-18-25(30-31(41)40-27(17-38-30)43-22-7-8-23(43)16-21(15-22)39-33(45)46)24-9-10-26-28(29(24)35)34(36,37)32(44)42(26)20-48-12-14-50(4,5)6/h9-10,17-18,21-23,39H,7-8,11-16,19-20H2,1-6H3,(H,45,46). The number of carbonyl (C=O) groups is 2. The molecule has 16 heteroatoms. The monoisotopic (exact) mass is 748 g/mol. The first kappa shape index (κ1) is 36.7. The molecule has 272 valence electrons. The predicted molar refractivity (Wildman–Crippen MR) is 196 cm³/mol. The number of amides is 2. The van der Waals surface area contributed by atoms with Gasteiger partial charge in [-0.15, -0.1) is 0 Å². The number of nitrogens with zero attached hydrogens (tertiary/aromatic N) is 5. The molecule has 2 saturated heterocycles. The molecule has 50 heavy (non-hydrogen) atoms. The molecule has 0 radical (unpaired) electrons. The fourth-order valence-electron chi connectivity index (χ4n) is 7.19. The number of benzene rings is 1. The number of carbonyl (C=O) groups excluding carboxylic acids is 1. The van der Waals surface area contributed by atoms with E-state index in [0.29, 0.717) is 54.2 Å². The average Bonchev–Trinajstić information content (AvgIpc) is 3.57. The fraction of sp³-hybridized carbons (Fsp3) is 0.588. The van der Waals surface area contributed by atoms with E-state index in [0.717, 1.165) is 29.8 Å². The highest BCUT2D eigenvalue weighted by Crippen LogP contribution is 2.51. The number of anilines is 2. The van der Waals surface area contributed by atoms with Crippen LogP contribution in [0.25, 0.3) is 22.3 Å². The molecular formula is C34H47ClF2N6O5Si2. The first-order valence-corrected chi connectivity index (χ1v) is 25.1. The van der Waals surface area contributed by atoms with E-state index in [1.807, 2.05) is 4.57 Å². The number of hydrogen-bond acceptors (Lipinski definition) is 7. The lowest BCUT2D eigenvalue weighted by molar-refractivity contribution is -0.142. The number of piperidine rings is 1. The Hall–Kier alpha value is -3.12. The highest BCUT2D eigenvalue weighted by Gasteiger charge is 2.55. The highest BCUT2D eigenvalue weighted by molar-refractivity contribution is 6.76. The van der Waals surface area contributed by atoms with Gasteiger partial charge in [-0.05, 0) is 43.8 Å². The maximum absolute atomic E-state index is 15.7. The van der Waals surface area contributed by atoms with E-state index >= 15 is 8.78 Å². The molecule has 11 nitrogen and oxygen atoms in total. The van der Waals surface area contributed by atoms with Gasteiger partial charge in [0.15, 0.2) is 5.65 Å². The summed E-state index contributed by atoms with van der Waals surface area (Å²) in [5.74, 6) is -4.52. The van der Waals surface area contributed by atoms with Crippen LogP contribution in [0.3, 0.4) is 0 Å². The maximum Gasteiger partial charge on any atom is 0.404 e. The van der Waals surface area contributed by atoms with Crippen molar-refractivity contribution in [2.24, 2.45) is 0 Å². The summed E-state index contributed by atoms with van der Waals surface area (Å²) in [6.45, 7) is 14.2. The second-order valence-electron chi connectivity index (χ2n) is 16.1. The van der Waals surface area contributed by atoms with Gasteiger partial charge in [0.2, 0.25) is 0 Å². The number of fused-ring (bicyclic) bond motifs is 4. The quantitative estimate of drug-likeness (QED) is 0.136. The zero-order valence-corrected chi connectivity index (χ0v) is 32.3. The molecule has 1 aromatic carbocycles. The summed E-state index contributed by atoms with van der Waals surface area (Å²) in [7, 11) is -2.77. The minimum atomic E-state index is -3.83. The Labute approximate surface area is 298 Å². The van der Waals surface area contributed by atoms with E-state index in [9.17, 15) is 14.7 Å². The molecular weight excluding hydrogens is 702 g/mol. The third-order valence-electron chi connectivity index (χ3n) is 9.85. The summed E-state index contributed by atoms with van der Waals surface area (Å²) in [6.07, 6.45) is 5.64. The molecule has 2 bridgehead atoms. The second kappa shape index (κ2) is 13.8. The van der Waals surface area contributed by atoms with Crippen LogP contribution in [0.2, 0.25) is 56.4 Å². The Kier molecular flexibility index (Phi) is 10.1. The molecule has 2 amide bonds. The van der Waals surface area contributed by atoms with Gasteiger partial charge in [0.25, 0.3) is 0 Å². The topological polar surface area (TPSA) is 122 Å². The predicted octanol–water partition coefficient (Wildman–Crippen LogP) is 7.58. The summed E-state index contributed by atoms with van der Waals surface area (Å²) in [6, 6.07) is 5.06. The van der Waals surface area contributed by atoms with Gasteiger partial charge in [-0.2, -0.15) is 8.78 Å². The van der Waals surface area contributed by atoms with Crippen LogP contribution >= 0.6 is 11.6 Å². The lowest BCUT2D eigenvalue weighted by Gasteiger charge is -2.39. The average molecular weight is 749 g/mol. The van der Waals surface area contributed by atoms with Crippen LogP contribution in [0.1, 0.15) is 31.2 Å². The van der Waals surface area contributed by atoms with Crippen LogP contribution in [0.5, 0.6) is 0 Å². The van der Waals surface area contributed by atoms with Gasteiger partial charge in [-0.25, -0.2) is 14.8 Å². The minimum Gasteiger partial charge on any atom is -0.465 e. The van der Waals surface area contributed by atoms with Crippen molar-refractivity contribution in [1.29, 1.82) is 0 Å². The first-order valence-electron chi connectivity index (χ1n) is 17.3. The molecule has 3 aromatic rings. The lowest BCUT2D eigenvalue weighted by atomic mass is 9.97. The number of aromatic nitrogens is 3. The van der Waals surface area contributed by atoms with Gasteiger partial charge in [0.05, 0.1) is 22.5 Å². The van der Waals surface area contributed by atoms with E-state index in [1.54, 1.807) is 18.5 Å². The van der Waals surface area contributed by atoms with Crippen molar-refractivity contribution < 1.29 is 33.0 Å². The SMILES string of the molecule is C[Si](C)(C)CCOCN1C(=O)C(F)(F)c2c1ccc(-c1cn(COCC[Si](C)(C)C)c3nc(N4C5CCC4CC(NC(=O)O)C5)cnc13)c2Cl. The van der Waals surface area contributed by atoms with Crippen molar-refractivity contribution in [2.75, 3.05) is 29.7 Å². The van der Waals surface area contributed by atoms with Crippen molar-refractivity contribution in [3.63, 3.8) is 0 Å². The molecule has 5 heterocycles. The molecule has 2 atom stereocenters. The van der Waals surface area contributed by atoms with Gasteiger partial charge >= 0.3 is 17.9 Å². The van der Waals surface area contributed by atoms with Crippen LogP contribution in [-0.4, -0.2) is 85.9 Å². The van der Waals surface area contributed by atoms with Crippen LogP contribution in [0.15, 0.2) is 24.5 Å². The van der Waals surface area contributed by atoms with Gasteiger partial charge in [-0.1, -0.05) is 56.9 Å². The zero-order chi connectivity index (χ0) is 36.2. The van der Waals surface area contributed by atoms with E-state index in [4.69, 9.17) is 31.0 Å². The Morgan fingerprint density at radius 1 is 1.02 bits per heavy atom. The number of carboxylic acid groups (broad SMARTS) is 1. The molecule has 2 N–H and O–H groups in total. The van der Waals surface area contributed by atoms with Crippen molar-refractivity contribution in [3.05, 3.63) is 35.1 Å². The number of alkyl halides is 2. The summed E-state index contributed by atoms with van der Waals surface area (Å²) in [5, 5.41) is 11.7. The Bertz CT molecular complexity index is 1770. The van der Waals surface area contributed by atoms with Crippen LogP contribution < -0.4 is 15.1 Å². The maximum atomic E-state index is 15.7. The molecule has 3 aliphatic heterocycles. The molecule has 2 unspecified atom stereocenters. The van der Waals surface area contributed by atoms with Crippen molar-refractivity contribution in [3.8, 4) is 11.1 Å². The number of ether oxygens (including phenoxy) is 2. The Morgan fingerprint density at radius 2 is 1.64 bits per heavy atom. The van der Waals surface area contributed by atoms with E-state index in [2.05, 4.69) is 49.5 Å². The Balaban J connectivity index is 1.34. The fourth-order valence-corrected chi connectivity index (χ4v) is 9.08. The van der Waals surface area contributed by atoms with Crippen LogP contribution in [-0.2, 0) is 26.9 Å². The number of hydrogen-bond donors (Lipinski definition) is 2. The van der Waals surface area contributed by atoms with Crippen molar-refractivity contribution in [1.82, 2.24) is 19.9 Å². The van der Waals surface area contributed by atoms with E-state index in [1.165, 1.54) is 6.07 Å². The summed E-state index contributed by atoms with van der Waals surface area (Å²) < 4.78 is 45.0. The van der Waals surface area contributed by atoms with Crippen LogP contribution in [0.4, 0.5) is 25.1 Å². The number of rotatable bonds is 13. The summed E-state index contributed by atoms with van der Waals surface area (Å²) >= 11 is 6.83. The molecule has 0 saturated carbocycles. The lowest BCUT2D eigenvalue weighted by Crippen LogP contribution is -2.50. The molecule has 0 spiro atoms. The van der Waals surface area contributed by atoms with Crippen LogP contribution in [0, 0.1) is 0 Å². The third kappa shape index (κ3) is 7.43. The van der Waals surface area contributed by atoms with E-state index in [-0.39, 0.29) is 42.3 Å². The van der Waals surface area contributed by atoms with Gasteiger partial charge < -0.3 is 29.4 Å². The molecule has 2 fully saturated rings. The molecule has 3 aliphatic rings. The third-order valence-corrected chi connectivity index (χ3v) is 13.7. The van der Waals surface area contributed by atoms with Crippen molar-refractivity contribution in [2.45, 2.75) is 108 Å². The largest absolute Gasteiger partial charge is 0.465 e.